The van der Waals surface area contributed by atoms with Crippen LogP contribution in [-0.4, -0.2) is 26.3 Å². The van der Waals surface area contributed by atoms with Gasteiger partial charge >= 0.3 is 6.18 Å². The second kappa shape index (κ2) is 8.54. The van der Waals surface area contributed by atoms with E-state index in [9.17, 15) is 26.6 Å². The number of alkyl halides is 3. The Morgan fingerprint density at radius 1 is 1.19 bits per heavy atom. The van der Waals surface area contributed by atoms with Gasteiger partial charge in [-0.1, -0.05) is 6.07 Å². The summed E-state index contributed by atoms with van der Waals surface area (Å²) in [5.41, 5.74) is -1.52. The fourth-order valence-corrected chi connectivity index (χ4v) is 3.29. The number of rotatable bonds is 5. The number of carbonyl (C=O) groups excluding carboxylic acids is 1. The standard InChI is InChI=1S/C20H16F4N4O3S/c1-11-16(6-7-17(21)27-11)31-19-15(8-12(10-26-19)20(22,23)24)18(29)28-13-4-3-5-14(9-13)32(2,25)30/h3-10,25H,1-2H3,(H,28,29)/t32-/m0/s1. The quantitative estimate of drug-likeness (QED) is 0.404. The number of benzene rings is 1. The van der Waals surface area contributed by atoms with E-state index < -0.39 is 44.8 Å². The van der Waals surface area contributed by atoms with Crippen LogP contribution >= 0.6 is 0 Å². The molecule has 0 aliphatic carbocycles. The third-order valence-corrected chi connectivity index (χ3v) is 5.33. The van der Waals surface area contributed by atoms with Crippen LogP contribution in [0.25, 0.3) is 0 Å². The molecule has 168 valence electrons. The van der Waals surface area contributed by atoms with E-state index in [-0.39, 0.29) is 22.0 Å². The number of pyridine rings is 2. The normalized spacial score (nSPS) is 13.3. The Balaban J connectivity index is 2.01. The summed E-state index contributed by atoms with van der Waals surface area (Å²) in [6.07, 6.45) is -3.08. The van der Waals surface area contributed by atoms with Gasteiger partial charge in [0.1, 0.15) is 5.56 Å². The number of aromatic nitrogens is 2. The Morgan fingerprint density at radius 3 is 2.53 bits per heavy atom. The third kappa shape index (κ3) is 5.38. The summed E-state index contributed by atoms with van der Waals surface area (Å²) < 4.78 is 77.8. The molecule has 0 unspecified atom stereocenters. The molecule has 0 bridgehead atoms. The zero-order valence-corrected chi connectivity index (χ0v) is 17.5. The lowest BCUT2D eigenvalue weighted by Gasteiger charge is -2.14. The molecule has 2 aromatic heterocycles. The molecule has 7 nitrogen and oxygen atoms in total. The SMILES string of the molecule is Cc1nc(F)ccc1Oc1ncc(C(F)(F)F)cc1C(=O)Nc1cccc([S@@](C)(=N)=O)c1. The van der Waals surface area contributed by atoms with Gasteiger partial charge in [0.05, 0.1) is 21.0 Å². The number of ether oxygens (including phenoxy) is 1. The second-order valence-electron chi connectivity index (χ2n) is 6.72. The number of hydrogen-bond donors (Lipinski definition) is 2. The molecule has 0 saturated carbocycles. The molecule has 1 atom stereocenters. The van der Waals surface area contributed by atoms with Crippen LogP contribution in [0.4, 0.5) is 23.2 Å². The van der Waals surface area contributed by atoms with Crippen LogP contribution in [0.3, 0.4) is 0 Å². The van der Waals surface area contributed by atoms with Crippen LogP contribution in [0.15, 0.2) is 53.6 Å². The number of nitrogens with zero attached hydrogens (tertiary/aromatic N) is 2. The molecule has 3 rings (SSSR count). The van der Waals surface area contributed by atoms with Gasteiger partial charge in [-0.15, -0.1) is 0 Å². The lowest BCUT2D eigenvalue weighted by atomic mass is 10.1. The molecule has 2 heterocycles. The van der Waals surface area contributed by atoms with Gasteiger partial charge < -0.3 is 10.1 Å². The Labute approximate surface area is 180 Å². The third-order valence-electron chi connectivity index (χ3n) is 4.17. The number of amides is 1. The van der Waals surface area contributed by atoms with Crippen LogP contribution in [0.1, 0.15) is 21.6 Å². The van der Waals surface area contributed by atoms with Crippen LogP contribution in [-0.2, 0) is 15.9 Å². The Bertz CT molecular complexity index is 1290. The number of nitrogens with one attached hydrogen (secondary N) is 2. The average Bonchev–Trinajstić information content (AvgIpc) is 2.69. The number of anilines is 1. The number of aryl methyl sites for hydroxylation is 1. The zero-order valence-electron chi connectivity index (χ0n) is 16.7. The van der Waals surface area contributed by atoms with Crippen molar-refractivity contribution in [2.75, 3.05) is 11.6 Å². The summed E-state index contributed by atoms with van der Waals surface area (Å²) in [6, 6.07) is 8.33. The highest BCUT2D eigenvalue weighted by molar-refractivity contribution is 7.91. The minimum Gasteiger partial charge on any atom is -0.436 e. The fourth-order valence-electron chi connectivity index (χ4n) is 2.60. The van der Waals surface area contributed by atoms with Crippen molar-refractivity contribution in [3.63, 3.8) is 0 Å². The number of halogens is 4. The van der Waals surface area contributed by atoms with Gasteiger partial charge in [-0.3, -0.25) is 4.79 Å². The largest absolute Gasteiger partial charge is 0.436 e. The van der Waals surface area contributed by atoms with Crippen LogP contribution in [0, 0.1) is 17.7 Å². The van der Waals surface area contributed by atoms with Crippen molar-refractivity contribution in [2.24, 2.45) is 0 Å². The number of carbonyl (C=O) groups is 1. The molecule has 32 heavy (non-hydrogen) atoms. The molecule has 12 heteroatoms. The van der Waals surface area contributed by atoms with Crippen molar-refractivity contribution in [3.8, 4) is 11.6 Å². The maximum atomic E-state index is 13.2. The molecule has 1 amide bonds. The average molecular weight is 468 g/mol. The zero-order chi connectivity index (χ0) is 23.7. The van der Waals surface area contributed by atoms with Crippen molar-refractivity contribution in [2.45, 2.75) is 18.0 Å². The van der Waals surface area contributed by atoms with E-state index in [4.69, 9.17) is 9.52 Å². The maximum absolute atomic E-state index is 13.2. The Morgan fingerprint density at radius 2 is 1.91 bits per heavy atom. The van der Waals surface area contributed by atoms with Crippen LogP contribution < -0.4 is 10.1 Å². The molecular weight excluding hydrogens is 452 g/mol. The van der Waals surface area contributed by atoms with Gasteiger partial charge in [-0.05, 0) is 43.3 Å². The molecule has 0 radical (unpaired) electrons. The molecule has 0 saturated heterocycles. The van der Waals surface area contributed by atoms with E-state index in [1.165, 1.54) is 43.5 Å². The topological polar surface area (TPSA) is 105 Å². The van der Waals surface area contributed by atoms with E-state index in [0.29, 0.717) is 12.3 Å². The van der Waals surface area contributed by atoms with E-state index in [2.05, 4.69) is 15.3 Å². The molecule has 1 aromatic carbocycles. The summed E-state index contributed by atoms with van der Waals surface area (Å²) in [6.45, 7) is 1.41. The van der Waals surface area contributed by atoms with Crippen molar-refractivity contribution in [3.05, 3.63) is 71.4 Å². The molecule has 0 fully saturated rings. The second-order valence-corrected chi connectivity index (χ2v) is 8.88. The summed E-state index contributed by atoms with van der Waals surface area (Å²) in [4.78, 5) is 20.1. The van der Waals surface area contributed by atoms with Gasteiger partial charge in [0.25, 0.3) is 5.91 Å². The molecule has 0 spiro atoms. The number of hydrogen-bond acceptors (Lipinski definition) is 6. The molecular formula is C20H16F4N4O3S. The highest BCUT2D eigenvalue weighted by atomic mass is 32.2. The van der Waals surface area contributed by atoms with Crippen molar-refractivity contribution in [1.29, 1.82) is 4.78 Å². The predicted molar refractivity (Wildman–Crippen MR) is 108 cm³/mol. The van der Waals surface area contributed by atoms with Crippen molar-refractivity contribution >= 4 is 21.3 Å². The highest BCUT2D eigenvalue weighted by Gasteiger charge is 2.33. The van der Waals surface area contributed by atoms with E-state index in [1.54, 1.807) is 0 Å². The highest BCUT2D eigenvalue weighted by Crippen LogP contribution is 2.33. The van der Waals surface area contributed by atoms with Crippen LogP contribution in [0.2, 0.25) is 0 Å². The minimum atomic E-state index is -4.77. The Hall–Kier alpha value is -3.54. The van der Waals surface area contributed by atoms with E-state index in [0.717, 1.165) is 6.07 Å². The Kier molecular flexibility index (Phi) is 6.17. The van der Waals surface area contributed by atoms with Crippen LogP contribution in [0.5, 0.6) is 11.6 Å². The monoisotopic (exact) mass is 468 g/mol. The molecule has 3 aromatic rings. The van der Waals surface area contributed by atoms with Crippen molar-refractivity contribution in [1.82, 2.24) is 9.97 Å². The van der Waals surface area contributed by atoms with E-state index in [1.807, 2.05) is 0 Å². The summed E-state index contributed by atoms with van der Waals surface area (Å²) in [5, 5.41) is 2.39. The van der Waals surface area contributed by atoms with Gasteiger partial charge in [0.2, 0.25) is 11.8 Å². The first-order valence-corrected chi connectivity index (χ1v) is 10.8. The summed E-state index contributed by atoms with van der Waals surface area (Å²) in [7, 11) is -3.08. The van der Waals surface area contributed by atoms with Gasteiger partial charge in [-0.2, -0.15) is 17.6 Å². The van der Waals surface area contributed by atoms with Crippen molar-refractivity contribution < 1.29 is 31.3 Å². The fraction of sp³-hybridized carbons (Fsp3) is 0.150. The lowest BCUT2D eigenvalue weighted by Crippen LogP contribution is -2.16. The first-order chi connectivity index (χ1) is 14.8. The lowest BCUT2D eigenvalue weighted by molar-refractivity contribution is -0.137. The van der Waals surface area contributed by atoms with Gasteiger partial charge in [0.15, 0.2) is 5.75 Å². The predicted octanol–water partition coefficient (Wildman–Crippen LogP) is 5.02. The summed E-state index contributed by atoms with van der Waals surface area (Å²) in [5.74, 6) is -2.23. The smallest absolute Gasteiger partial charge is 0.417 e. The first-order valence-electron chi connectivity index (χ1n) is 8.88. The molecule has 0 aliphatic heterocycles. The molecule has 2 N–H and O–H groups in total. The van der Waals surface area contributed by atoms with Gasteiger partial charge in [0, 0.05) is 23.0 Å². The van der Waals surface area contributed by atoms with E-state index >= 15 is 0 Å². The minimum absolute atomic E-state index is 0.00497. The summed E-state index contributed by atoms with van der Waals surface area (Å²) >= 11 is 0. The molecule has 0 aliphatic rings. The first kappa shape index (κ1) is 23.1. The maximum Gasteiger partial charge on any atom is 0.417 e. The van der Waals surface area contributed by atoms with Gasteiger partial charge in [-0.25, -0.2) is 19.0 Å².